The number of hydrogen-bond donors (Lipinski definition) is 3. The fourth-order valence-electron chi connectivity index (χ4n) is 4.09. The monoisotopic (exact) mass is 485 g/mol. The van der Waals surface area contributed by atoms with Crippen LogP contribution >= 0.6 is 0 Å². The Morgan fingerprint density at radius 1 is 1.20 bits per heavy atom. The highest BCUT2D eigenvalue weighted by molar-refractivity contribution is 5.98. The van der Waals surface area contributed by atoms with E-state index in [0.717, 1.165) is 15.0 Å². The Bertz CT molecular complexity index is 1160. The van der Waals surface area contributed by atoms with Crippen LogP contribution in [-0.2, 0) is 19.2 Å². The molecule has 5 amide bonds. The zero-order chi connectivity index (χ0) is 25.1. The third kappa shape index (κ3) is 4.93. The number of amides is 5. The third-order valence-electron chi connectivity index (χ3n) is 5.74. The maximum Gasteiger partial charge on any atom is 0.358 e. The molecular weight excluding hydrogens is 462 g/mol. The van der Waals surface area contributed by atoms with E-state index in [2.05, 4.69) is 10.7 Å². The quantitative estimate of drug-likeness (QED) is 0.469. The van der Waals surface area contributed by atoms with E-state index in [1.807, 2.05) is 0 Å². The lowest BCUT2D eigenvalue weighted by atomic mass is 10.1. The molecule has 0 bridgehead atoms. The lowest BCUT2D eigenvalue weighted by Crippen LogP contribution is -2.64. The number of hydrogen-bond acceptors (Lipinski definition) is 7. The Kier molecular flexibility index (Phi) is 6.66. The number of fused-ring (bicyclic) bond motifs is 2. The number of aldehydes is 1. The Morgan fingerprint density at radius 3 is 2.69 bits per heavy atom. The summed E-state index contributed by atoms with van der Waals surface area (Å²) in [6.45, 7) is 0.0485. The van der Waals surface area contributed by atoms with Crippen molar-refractivity contribution in [3.63, 3.8) is 0 Å². The van der Waals surface area contributed by atoms with Crippen molar-refractivity contribution in [2.24, 2.45) is 0 Å². The van der Waals surface area contributed by atoms with Crippen LogP contribution in [0.3, 0.4) is 0 Å². The Morgan fingerprint density at radius 2 is 1.97 bits per heavy atom. The van der Waals surface area contributed by atoms with E-state index < -0.39 is 48.2 Å². The largest absolute Gasteiger partial charge is 0.481 e. The van der Waals surface area contributed by atoms with Gasteiger partial charge in [-0.3, -0.25) is 24.6 Å². The predicted molar refractivity (Wildman–Crippen MR) is 117 cm³/mol. The molecule has 13 heteroatoms. The molecule has 184 valence electrons. The molecule has 2 fully saturated rings. The summed E-state index contributed by atoms with van der Waals surface area (Å²) in [5, 5.41) is 15.0. The summed E-state index contributed by atoms with van der Waals surface area (Å²) in [7, 11) is 0. The van der Waals surface area contributed by atoms with Crippen molar-refractivity contribution in [1.82, 2.24) is 25.8 Å². The number of carboxylic acid groups (broad SMARTS) is 1. The van der Waals surface area contributed by atoms with Crippen LogP contribution in [0.25, 0.3) is 11.0 Å². The number of carbonyl (C=O) groups is 6. The van der Waals surface area contributed by atoms with Crippen molar-refractivity contribution >= 4 is 47.0 Å². The van der Waals surface area contributed by atoms with Crippen LogP contribution in [0.5, 0.6) is 0 Å². The molecular formula is C22H23N5O8. The second-order valence-electron chi connectivity index (χ2n) is 8.14. The number of aliphatic carboxylic acids is 1. The van der Waals surface area contributed by atoms with Gasteiger partial charge in [-0.05, 0) is 25.0 Å². The number of carbonyl (C=O) groups excluding carboxylic acids is 5. The van der Waals surface area contributed by atoms with E-state index in [-0.39, 0.29) is 31.7 Å². The molecule has 2 atom stereocenters. The molecule has 2 aliphatic heterocycles. The van der Waals surface area contributed by atoms with Crippen LogP contribution in [0, 0.1) is 0 Å². The van der Waals surface area contributed by atoms with Crippen LogP contribution in [0.15, 0.2) is 34.7 Å². The van der Waals surface area contributed by atoms with Crippen LogP contribution in [-0.4, -0.2) is 81.3 Å². The fraction of sp³-hybridized carbons (Fsp3) is 0.364. The van der Waals surface area contributed by atoms with Gasteiger partial charge in [0.05, 0.1) is 19.0 Å². The minimum Gasteiger partial charge on any atom is -0.481 e. The van der Waals surface area contributed by atoms with Crippen LogP contribution in [0.4, 0.5) is 4.79 Å². The highest BCUT2D eigenvalue weighted by Gasteiger charge is 2.44. The van der Waals surface area contributed by atoms with Gasteiger partial charge < -0.3 is 19.6 Å². The van der Waals surface area contributed by atoms with Gasteiger partial charge in [-0.25, -0.2) is 19.8 Å². The predicted octanol–water partition coefficient (Wildman–Crippen LogP) is 0.270. The molecule has 0 unspecified atom stereocenters. The van der Waals surface area contributed by atoms with Crippen molar-refractivity contribution in [1.29, 1.82) is 0 Å². The van der Waals surface area contributed by atoms with Crippen molar-refractivity contribution in [3.05, 3.63) is 36.1 Å². The summed E-state index contributed by atoms with van der Waals surface area (Å²) in [4.78, 5) is 73.9. The maximum absolute atomic E-state index is 13.4. The molecule has 3 heterocycles. The second kappa shape index (κ2) is 9.83. The zero-order valence-electron chi connectivity index (χ0n) is 18.5. The number of furan rings is 1. The summed E-state index contributed by atoms with van der Waals surface area (Å²) < 4.78 is 5.53. The lowest BCUT2D eigenvalue weighted by molar-refractivity contribution is -0.155. The van der Waals surface area contributed by atoms with E-state index in [0.29, 0.717) is 23.7 Å². The molecule has 2 aliphatic rings. The number of benzene rings is 1. The number of rotatable bonds is 7. The first kappa shape index (κ1) is 23.7. The molecule has 4 rings (SSSR count). The molecule has 0 saturated carbocycles. The minimum atomic E-state index is -1.29. The number of carboxylic acids is 1. The molecule has 0 aliphatic carbocycles. The van der Waals surface area contributed by atoms with E-state index in [9.17, 15) is 28.8 Å². The third-order valence-corrected chi connectivity index (χ3v) is 5.74. The molecule has 2 aromatic rings. The van der Waals surface area contributed by atoms with Crippen molar-refractivity contribution in [3.8, 4) is 0 Å². The summed E-state index contributed by atoms with van der Waals surface area (Å²) in [5.41, 5.74) is 2.93. The van der Waals surface area contributed by atoms with Gasteiger partial charge in [-0.2, -0.15) is 0 Å². The first-order valence-corrected chi connectivity index (χ1v) is 11.0. The highest BCUT2D eigenvalue weighted by atomic mass is 16.4. The molecule has 13 nitrogen and oxygen atoms in total. The standard InChI is InChI=1S/C22H23N5O8/c28-12-14(11-19(30)31)23-20(32)15-5-3-8-26-18(29)7-9-25(22(34)27(15)26)24-21(33)17-10-13-4-1-2-6-16(13)35-17/h1-2,4,6,10,12,14-15H,3,5,7-9,11H2,(H,23,32)(H,24,33)(H,30,31)/t14-,15-/m0/s1. The smallest absolute Gasteiger partial charge is 0.358 e. The first-order valence-electron chi connectivity index (χ1n) is 11.0. The summed E-state index contributed by atoms with van der Waals surface area (Å²) in [6.07, 6.45) is 0.141. The number of nitrogens with one attached hydrogen (secondary N) is 2. The van der Waals surface area contributed by atoms with E-state index in [1.54, 1.807) is 24.3 Å². The highest BCUT2D eigenvalue weighted by Crippen LogP contribution is 2.24. The van der Waals surface area contributed by atoms with Gasteiger partial charge in [-0.15, -0.1) is 0 Å². The summed E-state index contributed by atoms with van der Waals surface area (Å²) >= 11 is 0. The molecule has 1 aromatic heterocycles. The van der Waals surface area contributed by atoms with Gasteiger partial charge in [-0.1, -0.05) is 18.2 Å². The average molecular weight is 485 g/mol. The van der Waals surface area contributed by atoms with Crippen molar-refractivity contribution < 1.29 is 38.3 Å². The van der Waals surface area contributed by atoms with Crippen molar-refractivity contribution in [2.45, 2.75) is 37.8 Å². The number of nitrogens with zero attached hydrogens (tertiary/aromatic N) is 3. The van der Waals surface area contributed by atoms with Crippen LogP contribution < -0.4 is 10.7 Å². The minimum absolute atomic E-state index is 0.0399. The molecule has 3 N–H and O–H groups in total. The Balaban J connectivity index is 1.54. The van der Waals surface area contributed by atoms with Gasteiger partial charge >= 0.3 is 17.9 Å². The Labute approximate surface area is 198 Å². The molecule has 2 saturated heterocycles. The lowest BCUT2D eigenvalue weighted by Gasteiger charge is -2.42. The topological polar surface area (TPSA) is 170 Å². The van der Waals surface area contributed by atoms with Gasteiger partial charge in [0, 0.05) is 18.4 Å². The van der Waals surface area contributed by atoms with Gasteiger partial charge in [0.25, 0.3) is 0 Å². The molecule has 1 aromatic carbocycles. The van der Waals surface area contributed by atoms with Crippen LogP contribution in [0.1, 0.15) is 36.2 Å². The van der Waals surface area contributed by atoms with E-state index in [1.165, 1.54) is 6.07 Å². The first-order chi connectivity index (χ1) is 16.8. The Hall–Kier alpha value is -4.42. The molecule has 35 heavy (non-hydrogen) atoms. The number of urea groups is 1. The van der Waals surface area contributed by atoms with Gasteiger partial charge in [0.1, 0.15) is 17.9 Å². The second-order valence-corrected chi connectivity index (χ2v) is 8.14. The average Bonchev–Trinajstić information content (AvgIpc) is 3.24. The fourth-order valence-corrected chi connectivity index (χ4v) is 4.09. The van der Waals surface area contributed by atoms with E-state index >= 15 is 0 Å². The SMILES string of the molecule is O=C[C@H](CC(=O)O)NC(=O)[C@@H]1CCCN2C(=O)CCN(NC(=O)c3cc4ccccc4o3)C(=O)N12. The van der Waals surface area contributed by atoms with Gasteiger partial charge in [0.2, 0.25) is 11.8 Å². The normalized spacial score (nSPS) is 19.1. The maximum atomic E-state index is 13.4. The van der Waals surface area contributed by atoms with Crippen molar-refractivity contribution in [2.75, 3.05) is 13.1 Å². The molecule has 0 spiro atoms. The number of para-hydroxylation sites is 1. The van der Waals surface area contributed by atoms with Crippen LogP contribution in [0.2, 0.25) is 0 Å². The van der Waals surface area contributed by atoms with Gasteiger partial charge in [0.15, 0.2) is 5.76 Å². The zero-order valence-corrected chi connectivity index (χ0v) is 18.5. The van der Waals surface area contributed by atoms with E-state index in [4.69, 9.17) is 9.52 Å². The molecule has 0 radical (unpaired) electrons. The number of hydrazine groups is 2. The summed E-state index contributed by atoms with van der Waals surface area (Å²) in [5.74, 6) is -3.24. The summed E-state index contributed by atoms with van der Waals surface area (Å²) in [6, 6.07) is 5.21.